The normalized spacial score (nSPS) is 12.3. The van der Waals surface area contributed by atoms with Gasteiger partial charge in [-0.25, -0.2) is 14.4 Å². The van der Waals surface area contributed by atoms with E-state index in [9.17, 15) is 9.18 Å². The van der Waals surface area contributed by atoms with E-state index in [0.29, 0.717) is 16.6 Å². The molecular weight excluding hydrogens is 383 g/mol. The highest BCUT2D eigenvalue weighted by Crippen LogP contribution is 2.29. The van der Waals surface area contributed by atoms with E-state index in [4.69, 9.17) is 0 Å². The summed E-state index contributed by atoms with van der Waals surface area (Å²) >= 11 is 0. The van der Waals surface area contributed by atoms with Crippen LogP contribution >= 0.6 is 0 Å². The number of benzene rings is 2. The van der Waals surface area contributed by atoms with Crippen molar-refractivity contribution in [1.82, 2.24) is 30.5 Å². The number of nitrogens with one attached hydrogen (secondary N) is 3. The first kappa shape index (κ1) is 18.0. The quantitative estimate of drug-likeness (QED) is 0.422. The second-order valence-corrected chi connectivity index (χ2v) is 7.04. The van der Waals surface area contributed by atoms with Crippen molar-refractivity contribution in [1.29, 1.82) is 0 Å². The van der Waals surface area contributed by atoms with Gasteiger partial charge in [-0.05, 0) is 48.9 Å². The number of nitrogens with zero attached hydrogens (tertiary/aromatic N) is 3. The molecule has 1 atom stereocenters. The molecule has 7 nitrogen and oxygen atoms in total. The van der Waals surface area contributed by atoms with Gasteiger partial charge in [0.05, 0.1) is 28.3 Å². The zero-order valence-corrected chi connectivity index (χ0v) is 16.0. The summed E-state index contributed by atoms with van der Waals surface area (Å²) in [5, 5.41) is 10.0. The molecule has 30 heavy (non-hydrogen) atoms. The third-order valence-corrected chi connectivity index (χ3v) is 5.03. The second-order valence-electron chi connectivity index (χ2n) is 7.04. The van der Waals surface area contributed by atoms with E-state index in [2.05, 4.69) is 30.5 Å². The van der Waals surface area contributed by atoms with Crippen LogP contribution in [0.3, 0.4) is 0 Å². The zero-order valence-electron chi connectivity index (χ0n) is 16.0. The van der Waals surface area contributed by atoms with Crippen LogP contribution in [0.5, 0.6) is 0 Å². The Morgan fingerprint density at radius 1 is 1.03 bits per heavy atom. The minimum atomic E-state index is -0.410. The highest BCUT2D eigenvalue weighted by Gasteiger charge is 2.18. The van der Waals surface area contributed by atoms with E-state index in [1.807, 2.05) is 24.3 Å². The van der Waals surface area contributed by atoms with Crippen LogP contribution in [0.25, 0.3) is 33.2 Å². The van der Waals surface area contributed by atoms with Gasteiger partial charge in [0, 0.05) is 23.3 Å². The predicted octanol–water partition coefficient (Wildman–Crippen LogP) is 4.13. The lowest BCUT2D eigenvalue weighted by molar-refractivity contribution is 0.0930. The van der Waals surface area contributed by atoms with Gasteiger partial charge in [0.15, 0.2) is 0 Å². The number of fused-ring (bicyclic) bond motifs is 2. The molecule has 5 aromatic rings. The molecule has 0 fully saturated rings. The maximum absolute atomic E-state index is 13.4. The van der Waals surface area contributed by atoms with E-state index in [1.165, 1.54) is 12.1 Å². The minimum absolute atomic E-state index is 0.0790. The Hall–Kier alpha value is -4.07. The van der Waals surface area contributed by atoms with Crippen molar-refractivity contribution >= 4 is 27.8 Å². The van der Waals surface area contributed by atoms with Crippen LogP contribution < -0.4 is 5.32 Å². The number of hydrogen-bond acceptors (Lipinski definition) is 4. The maximum Gasteiger partial charge on any atom is 0.289 e. The van der Waals surface area contributed by atoms with E-state index in [-0.39, 0.29) is 17.7 Å². The molecule has 3 N–H and O–H groups in total. The Kier molecular flexibility index (Phi) is 4.24. The van der Waals surface area contributed by atoms with Crippen LogP contribution in [0.1, 0.15) is 29.1 Å². The Morgan fingerprint density at radius 2 is 1.80 bits per heavy atom. The van der Waals surface area contributed by atoms with Crippen molar-refractivity contribution in [3.63, 3.8) is 0 Å². The lowest BCUT2D eigenvalue weighted by Crippen LogP contribution is -2.27. The van der Waals surface area contributed by atoms with Gasteiger partial charge in [-0.2, -0.15) is 0 Å². The summed E-state index contributed by atoms with van der Waals surface area (Å²) in [6, 6.07) is 13.3. The number of aromatic amines is 2. The number of amides is 1. The van der Waals surface area contributed by atoms with Gasteiger partial charge in [-0.1, -0.05) is 12.1 Å². The summed E-state index contributed by atoms with van der Waals surface area (Å²) in [6.07, 6.45) is 3.45. The van der Waals surface area contributed by atoms with E-state index >= 15 is 0 Å². The third kappa shape index (κ3) is 3.18. The number of imidazole rings is 1. The number of carbonyl (C=O) groups is 1. The summed E-state index contributed by atoms with van der Waals surface area (Å²) in [4.78, 5) is 25.5. The van der Waals surface area contributed by atoms with Crippen LogP contribution in [0.15, 0.2) is 60.9 Å². The zero-order chi connectivity index (χ0) is 20.7. The fourth-order valence-corrected chi connectivity index (χ4v) is 3.48. The number of hydrogen-bond donors (Lipinski definition) is 3. The van der Waals surface area contributed by atoms with Gasteiger partial charge < -0.3 is 10.4 Å². The fourth-order valence-electron chi connectivity index (χ4n) is 3.48. The first-order valence-corrected chi connectivity index (χ1v) is 9.43. The Morgan fingerprint density at radius 3 is 2.57 bits per heavy atom. The van der Waals surface area contributed by atoms with Gasteiger partial charge in [0.1, 0.15) is 5.82 Å². The number of halogens is 1. The summed E-state index contributed by atoms with van der Waals surface area (Å²) in [6.45, 7) is 1.79. The van der Waals surface area contributed by atoms with Crippen molar-refractivity contribution in [2.24, 2.45) is 0 Å². The van der Waals surface area contributed by atoms with Crippen LogP contribution in [-0.2, 0) is 0 Å². The fraction of sp³-hybridized carbons (Fsp3) is 0.0909. The lowest BCUT2D eigenvalue weighted by Gasteiger charge is -2.13. The Labute approximate surface area is 170 Å². The molecule has 0 bridgehead atoms. The molecule has 3 heterocycles. The molecule has 0 aliphatic rings. The number of pyridine rings is 1. The SMILES string of the molecule is C[C@@H](NC(=O)c1nc2cc3[nH][nH]c(-c4ccncc4)c3cc2n1)c1cccc(F)c1. The molecule has 0 aliphatic carbocycles. The van der Waals surface area contributed by atoms with Crippen molar-refractivity contribution in [2.45, 2.75) is 13.0 Å². The molecule has 0 spiro atoms. The van der Waals surface area contributed by atoms with Crippen molar-refractivity contribution in [3.05, 3.63) is 78.1 Å². The second kappa shape index (κ2) is 7.07. The topological polar surface area (TPSA) is 99.3 Å². The minimum Gasteiger partial charge on any atom is -0.343 e. The average Bonchev–Trinajstić information content (AvgIpc) is 3.36. The average molecular weight is 400 g/mol. The number of aromatic nitrogens is 5. The van der Waals surface area contributed by atoms with Crippen LogP contribution in [0, 0.1) is 5.82 Å². The third-order valence-electron chi connectivity index (χ3n) is 5.03. The molecule has 2 aromatic carbocycles. The Bertz CT molecular complexity index is 1370. The highest BCUT2D eigenvalue weighted by molar-refractivity contribution is 6.02. The van der Waals surface area contributed by atoms with Gasteiger partial charge >= 0.3 is 0 Å². The van der Waals surface area contributed by atoms with Crippen LogP contribution in [0.2, 0.25) is 0 Å². The predicted molar refractivity (Wildman–Crippen MR) is 111 cm³/mol. The maximum atomic E-state index is 13.4. The van der Waals surface area contributed by atoms with Crippen LogP contribution in [0.4, 0.5) is 4.39 Å². The standard InChI is InChI=1S/C22H17FN6O/c1-12(14-3-2-4-15(23)9-14)25-22(30)21-26-18-10-16-17(11-19(18)27-21)28-29-20(16)13-5-7-24-8-6-13/h2-12,28-29H,1H3,(H,25,30)/t12-/m1/s1. The monoisotopic (exact) mass is 400 g/mol. The van der Waals surface area contributed by atoms with Gasteiger partial charge in [0.2, 0.25) is 5.82 Å². The molecule has 3 aromatic heterocycles. The van der Waals surface area contributed by atoms with Gasteiger partial charge in [-0.15, -0.1) is 0 Å². The molecule has 0 unspecified atom stereocenters. The molecule has 0 aliphatic heterocycles. The Balaban J connectivity index is 1.46. The smallest absolute Gasteiger partial charge is 0.289 e. The lowest BCUT2D eigenvalue weighted by atomic mass is 10.1. The molecule has 0 saturated heterocycles. The number of carbonyl (C=O) groups excluding carboxylic acids is 1. The number of rotatable bonds is 4. The van der Waals surface area contributed by atoms with E-state index < -0.39 is 5.91 Å². The largest absolute Gasteiger partial charge is 0.343 e. The van der Waals surface area contributed by atoms with Crippen molar-refractivity contribution in [3.8, 4) is 11.3 Å². The number of H-pyrrole nitrogens is 2. The summed E-state index contributed by atoms with van der Waals surface area (Å²) in [5.41, 5.74) is 4.65. The summed E-state index contributed by atoms with van der Waals surface area (Å²) < 4.78 is 13.4. The molecular formula is C22H17FN6O. The molecule has 0 saturated carbocycles. The van der Waals surface area contributed by atoms with Crippen molar-refractivity contribution in [2.75, 3.05) is 0 Å². The highest BCUT2D eigenvalue weighted by atomic mass is 19.1. The molecule has 148 valence electrons. The summed E-state index contributed by atoms with van der Waals surface area (Å²) in [5.74, 6) is -0.677. The molecule has 5 rings (SSSR count). The van der Waals surface area contributed by atoms with Crippen LogP contribution in [-0.4, -0.2) is 31.1 Å². The molecule has 0 radical (unpaired) electrons. The van der Waals surface area contributed by atoms with Gasteiger partial charge in [0.25, 0.3) is 5.91 Å². The van der Waals surface area contributed by atoms with Gasteiger partial charge in [-0.3, -0.25) is 14.9 Å². The first-order valence-electron chi connectivity index (χ1n) is 9.43. The van der Waals surface area contributed by atoms with E-state index in [1.54, 1.807) is 31.5 Å². The summed E-state index contributed by atoms with van der Waals surface area (Å²) in [7, 11) is 0. The van der Waals surface area contributed by atoms with Crippen molar-refractivity contribution < 1.29 is 9.18 Å². The van der Waals surface area contributed by atoms with E-state index in [0.717, 1.165) is 22.2 Å². The molecule has 1 amide bonds. The first-order chi connectivity index (χ1) is 14.6. The molecule has 8 heteroatoms.